The van der Waals surface area contributed by atoms with Crippen LogP contribution in [-0.4, -0.2) is 33.4 Å². The number of benzene rings is 2. The second-order valence-corrected chi connectivity index (χ2v) is 7.04. The molecule has 0 aliphatic heterocycles. The molecule has 0 heterocycles. The molecular weight excluding hydrogens is 396 g/mol. The number of carbonyl (C=O) groups is 2. The molecule has 0 unspecified atom stereocenters. The highest BCUT2D eigenvalue weighted by Gasteiger charge is 2.24. The molecule has 2 aromatic rings. The maximum atomic E-state index is 13.6. The Balaban J connectivity index is 1.89. The molecule has 0 radical (unpaired) electrons. The number of ether oxygens (including phenoxy) is 1. The highest BCUT2D eigenvalue weighted by Crippen LogP contribution is 2.17. The molecule has 150 valence electrons. The summed E-state index contributed by atoms with van der Waals surface area (Å²) in [5, 5.41) is 0. The van der Waals surface area contributed by atoms with E-state index in [9.17, 15) is 26.8 Å². The van der Waals surface area contributed by atoms with Gasteiger partial charge in [0.05, 0.1) is 13.2 Å². The summed E-state index contributed by atoms with van der Waals surface area (Å²) in [4.78, 5) is 22.4. The van der Waals surface area contributed by atoms with Crippen LogP contribution in [0.2, 0.25) is 0 Å². The van der Waals surface area contributed by atoms with Gasteiger partial charge in [0.25, 0.3) is 11.8 Å². The number of hydrogen-bond acceptors (Lipinski definition) is 5. The number of halogens is 2. The van der Waals surface area contributed by atoms with Gasteiger partial charge in [-0.1, -0.05) is 6.07 Å². The van der Waals surface area contributed by atoms with Crippen LogP contribution in [0.5, 0.6) is 5.75 Å². The summed E-state index contributed by atoms with van der Waals surface area (Å²) < 4.78 is 58.0. The molecule has 0 aliphatic rings. The number of hydrogen-bond donors (Lipinski definition) is 3. The van der Waals surface area contributed by atoms with Crippen LogP contribution < -0.4 is 20.3 Å². The zero-order valence-corrected chi connectivity index (χ0v) is 15.5. The lowest BCUT2D eigenvalue weighted by Gasteiger charge is -2.10. The lowest BCUT2D eigenvalue weighted by atomic mass is 10.2. The second kappa shape index (κ2) is 9.24. The van der Waals surface area contributed by atoms with Crippen molar-refractivity contribution in [3.05, 3.63) is 59.7 Å². The first kappa shape index (κ1) is 21.3. The van der Waals surface area contributed by atoms with Crippen molar-refractivity contribution in [1.29, 1.82) is 0 Å². The smallest absolute Gasteiger partial charge is 0.269 e. The molecule has 0 aromatic heterocycles. The molecule has 0 atom stereocenters. The largest absolute Gasteiger partial charge is 0.494 e. The minimum Gasteiger partial charge on any atom is -0.494 e. The number of rotatable bonds is 7. The van der Waals surface area contributed by atoms with Crippen molar-refractivity contribution in [3.8, 4) is 5.75 Å². The van der Waals surface area contributed by atoms with Crippen molar-refractivity contribution >= 4 is 21.8 Å². The Hall–Kier alpha value is -3.05. The predicted molar refractivity (Wildman–Crippen MR) is 94.8 cm³/mol. The van der Waals surface area contributed by atoms with E-state index in [4.69, 9.17) is 4.74 Å². The monoisotopic (exact) mass is 413 g/mol. The zero-order chi connectivity index (χ0) is 20.7. The van der Waals surface area contributed by atoms with Crippen molar-refractivity contribution in [3.63, 3.8) is 0 Å². The van der Waals surface area contributed by atoms with Crippen molar-refractivity contribution in [1.82, 2.24) is 15.6 Å². The minimum absolute atomic E-state index is 0.220. The van der Waals surface area contributed by atoms with Crippen LogP contribution in [0.3, 0.4) is 0 Å². The molecule has 0 spiro atoms. The molecule has 0 saturated heterocycles. The fraction of sp³-hybridized carbons (Fsp3) is 0.176. The fourth-order valence-corrected chi connectivity index (χ4v) is 3.20. The van der Waals surface area contributed by atoms with Crippen molar-refractivity contribution < 1.29 is 31.5 Å². The van der Waals surface area contributed by atoms with E-state index in [-0.39, 0.29) is 5.56 Å². The van der Waals surface area contributed by atoms with Crippen LogP contribution in [-0.2, 0) is 14.8 Å². The Morgan fingerprint density at radius 1 is 1.00 bits per heavy atom. The third kappa shape index (κ3) is 5.47. The van der Waals surface area contributed by atoms with Crippen molar-refractivity contribution in [2.24, 2.45) is 0 Å². The van der Waals surface area contributed by atoms with Gasteiger partial charge >= 0.3 is 0 Å². The lowest BCUT2D eigenvalue weighted by molar-refractivity contribution is -0.120. The number of sulfonamides is 1. The number of hydrazine groups is 1. The van der Waals surface area contributed by atoms with Crippen LogP contribution in [0, 0.1) is 11.6 Å². The van der Waals surface area contributed by atoms with Crippen LogP contribution >= 0.6 is 0 Å². The molecule has 2 amide bonds. The first-order valence-electron chi connectivity index (χ1n) is 8.00. The standard InChI is InChI=1S/C17H17F2N3O5S/c1-2-27-12-8-6-11(7-9-12)17(24)22-21-15(23)10-20-28(25,26)16-13(18)4-3-5-14(16)19/h3-9,20H,2,10H2,1H3,(H,21,23)(H,22,24). The number of carbonyl (C=O) groups excluding carboxylic acids is 2. The Kier molecular flexibility index (Phi) is 7.01. The summed E-state index contributed by atoms with van der Waals surface area (Å²) in [7, 11) is -4.61. The average molecular weight is 413 g/mol. The predicted octanol–water partition coefficient (Wildman–Crippen LogP) is 1.10. The van der Waals surface area contributed by atoms with E-state index in [1.165, 1.54) is 12.1 Å². The van der Waals surface area contributed by atoms with Gasteiger partial charge in [-0.2, -0.15) is 0 Å². The molecule has 2 rings (SSSR count). The first-order valence-corrected chi connectivity index (χ1v) is 9.48. The van der Waals surface area contributed by atoms with Crippen LogP contribution in [0.1, 0.15) is 17.3 Å². The molecule has 0 aliphatic carbocycles. The van der Waals surface area contributed by atoms with Gasteiger partial charge < -0.3 is 4.74 Å². The maximum Gasteiger partial charge on any atom is 0.269 e. The van der Waals surface area contributed by atoms with Gasteiger partial charge in [0.15, 0.2) is 4.90 Å². The third-order valence-electron chi connectivity index (χ3n) is 3.35. The van der Waals surface area contributed by atoms with Crippen LogP contribution in [0.4, 0.5) is 8.78 Å². The molecule has 0 bridgehead atoms. The topological polar surface area (TPSA) is 114 Å². The lowest BCUT2D eigenvalue weighted by Crippen LogP contribution is -2.46. The molecule has 8 nitrogen and oxygen atoms in total. The van der Waals surface area contributed by atoms with Gasteiger partial charge in [-0.3, -0.25) is 20.4 Å². The molecule has 2 aromatic carbocycles. The molecular formula is C17H17F2N3O5S. The van der Waals surface area contributed by atoms with Gasteiger partial charge in [0.2, 0.25) is 10.0 Å². The Morgan fingerprint density at radius 2 is 1.61 bits per heavy atom. The summed E-state index contributed by atoms with van der Waals surface area (Å²) in [6, 6.07) is 8.62. The number of nitrogens with one attached hydrogen (secondary N) is 3. The highest BCUT2D eigenvalue weighted by atomic mass is 32.2. The molecule has 0 saturated carbocycles. The van der Waals surface area contributed by atoms with Crippen molar-refractivity contribution in [2.75, 3.05) is 13.2 Å². The second-order valence-electron chi connectivity index (χ2n) is 5.34. The van der Waals surface area contributed by atoms with E-state index in [0.717, 1.165) is 18.2 Å². The Labute approximate surface area is 159 Å². The van der Waals surface area contributed by atoms with Gasteiger partial charge in [-0.05, 0) is 43.3 Å². The third-order valence-corrected chi connectivity index (χ3v) is 4.81. The molecule has 3 N–H and O–H groups in total. The fourth-order valence-electron chi connectivity index (χ4n) is 2.08. The van der Waals surface area contributed by atoms with Gasteiger partial charge in [-0.25, -0.2) is 21.9 Å². The summed E-state index contributed by atoms with van der Waals surface area (Å²) in [6.45, 7) is 1.43. The molecule has 28 heavy (non-hydrogen) atoms. The van der Waals surface area contributed by atoms with E-state index in [2.05, 4.69) is 5.43 Å². The first-order chi connectivity index (χ1) is 13.2. The summed E-state index contributed by atoms with van der Waals surface area (Å²) in [5.41, 5.74) is 4.30. The maximum absolute atomic E-state index is 13.6. The Bertz CT molecular complexity index is 945. The summed E-state index contributed by atoms with van der Waals surface area (Å²) in [6.07, 6.45) is 0. The SMILES string of the molecule is CCOc1ccc(C(=O)NNC(=O)CNS(=O)(=O)c2c(F)cccc2F)cc1. The highest BCUT2D eigenvalue weighted by molar-refractivity contribution is 7.89. The van der Waals surface area contributed by atoms with Crippen LogP contribution in [0.25, 0.3) is 0 Å². The van der Waals surface area contributed by atoms with Gasteiger partial charge in [-0.15, -0.1) is 0 Å². The van der Waals surface area contributed by atoms with Crippen LogP contribution in [0.15, 0.2) is 47.4 Å². The quantitative estimate of drug-likeness (QED) is 0.589. The van der Waals surface area contributed by atoms with Crippen molar-refractivity contribution in [2.45, 2.75) is 11.8 Å². The van der Waals surface area contributed by atoms with E-state index in [1.54, 1.807) is 16.9 Å². The van der Waals surface area contributed by atoms with E-state index in [0.29, 0.717) is 12.4 Å². The van der Waals surface area contributed by atoms with Gasteiger partial charge in [0.1, 0.15) is 17.4 Å². The van der Waals surface area contributed by atoms with E-state index < -0.39 is 44.9 Å². The normalized spacial score (nSPS) is 11.0. The summed E-state index contributed by atoms with van der Waals surface area (Å²) in [5.74, 6) is -3.62. The molecule has 11 heteroatoms. The zero-order valence-electron chi connectivity index (χ0n) is 14.7. The minimum atomic E-state index is -4.61. The number of amides is 2. The van der Waals surface area contributed by atoms with E-state index >= 15 is 0 Å². The average Bonchev–Trinajstić information content (AvgIpc) is 2.65. The summed E-state index contributed by atoms with van der Waals surface area (Å²) >= 11 is 0. The molecule has 0 fully saturated rings. The Morgan fingerprint density at radius 3 is 2.18 bits per heavy atom. The van der Waals surface area contributed by atoms with Gasteiger partial charge in [0, 0.05) is 5.56 Å². The van der Waals surface area contributed by atoms with E-state index in [1.807, 2.05) is 12.3 Å².